The van der Waals surface area contributed by atoms with Crippen LogP contribution in [0, 0.1) is 5.41 Å². The maximum atomic E-state index is 12.3. The van der Waals surface area contributed by atoms with Crippen LogP contribution >= 0.6 is 0 Å². The smallest absolute Gasteiger partial charge is 0.341 e. The van der Waals surface area contributed by atoms with E-state index in [1.165, 1.54) is 36.4 Å². The Morgan fingerprint density at radius 2 is 1.55 bits per heavy atom. The number of amides is 1. The number of amidine groups is 1. The van der Waals surface area contributed by atoms with Crippen molar-refractivity contribution in [3.05, 3.63) is 65.2 Å². The molecular formula is C19H21N3O7. The van der Waals surface area contributed by atoms with Gasteiger partial charge in [0.2, 0.25) is 0 Å². The Hall–Kier alpha value is -3.92. The fourth-order valence-corrected chi connectivity index (χ4v) is 2.35. The summed E-state index contributed by atoms with van der Waals surface area (Å²) in [6.07, 6.45) is 0.0335. The standard InChI is InChI=1S/C19H19N3O6.H2O/c20-17(21)12-3-5-13(6-4-12)18(25)22-15(19(26)27)9-11-1-7-14(8-2-11)28-10-16(23)24;/h1-8,15H,9-10H2,(H3,20,21)(H,22,25)(H,23,24)(H,26,27);1H2/t15-;/m1./s1. The van der Waals surface area contributed by atoms with Crippen LogP contribution in [0.4, 0.5) is 0 Å². The van der Waals surface area contributed by atoms with Crippen LogP contribution < -0.4 is 15.8 Å². The predicted molar refractivity (Wildman–Crippen MR) is 103 cm³/mol. The molecule has 0 saturated heterocycles. The largest absolute Gasteiger partial charge is 0.482 e. The lowest BCUT2D eigenvalue weighted by Gasteiger charge is -2.15. The van der Waals surface area contributed by atoms with E-state index < -0.39 is 30.5 Å². The summed E-state index contributed by atoms with van der Waals surface area (Å²) in [5.41, 5.74) is 6.68. The molecule has 0 fully saturated rings. The Labute approximate surface area is 165 Å². The molecule has 0 aliphatic carbocycles. The first-order valence-electron chi connectivity index (χ1n) is 8.18. The van der Waals surface area contributed by atoms with Crippen molar-refractivity contribution in [1.29, 1.82) is 5.41 Å². The van der Waals surface area contributed by atoms with Crippen molar-refractivity contribution in [3.63, 3.8) is 0 Å². The minimum atomic E-state index is -1.19. The molecule has 2 rings (SSSR count). The van der Waals surface area contributed by atoms with Gasteiger partial charge in [0.1, 0.15) is 17.6 Å². The normalized spacial score (nSPS) is 10.9. The van der Waals surface area contributed by atoms with Crippen molar-refractivity contribution in [2.45, 2.75) is 12.5 Å². The van der Waals surface area contributed by atoms with Gasteiger partial charge >= 0.3 is 11.9 Å². The molecule has 0 aliphatic rings. The fourth-order valence-electron chi connectivity index (χ4n) is 2.35. The summed E-state index contributed by atoms with van der Waals surface area (Å²) in [4.78, 5) is 34.3. The highest BCUT2D eigenvalue weighted by Gasteiger charge is 2.21. The van der Waals surface area contributed by atoms with Crippen molar-refractivity contribution in [3.8, 4) is 5.75 Å². The summed E-state index contributed by atoms with van der Waals surface area (Å²) in [7, 11) is 0. The van der Waals surface area contributed by atoms with Crippen LogP contribution in [0.1, 0.15) is 21.5 Å². The minimum absolute atomic E-state index is 0. The highest BCUT2D eigenvalue weighted by Crippen LogP contribution is 2.14. The van der Waals surface area contributed by atoms with Gasteiger partial charge in [0.25, 0.3) is 5.91 Å². The fraction of sp³-hybridized carbons (Fsp3) is 0.158. The number of aliphatic carboxylic acids is 2. The van der Waals surface area contributed by atoms with Crippen molar-refractivity contribution in [1.82, 2.24) is 5.32 Å². The molecule has 0 saturated carbocycles. The third-order valence-electron chi connectivity index (χ3n) is 3.79. The molecule has 0 spiro atoms. The van der Waals surface area contributed by atoms with E-state index in [-0.39, 0.29) is 23.3 Å². The molecular weight excluding hydrogens is 382 g/mol. The van der Waals surface area contributed by atoms with Crippen LogP contribution in [0.25, 0.3) is 0 Å². The number of hydrogen-bond acceptors (Lipinski definition) is 5. The number of carboxylic acid groups (broad SMARTS) is 2. The second-order valence-electron chi connectivity index (χ2n) is 5.89. The lowest BCUT2D eigenvalue weighted by atomic mass is 10.0. The van der Waals surface area contributed by atoms with Gasteiger partial charge in [0.15, 0.2) is 6.61 Å². The SMILES string of the molecule is N=C(N)c1ccc(C(=O)N[C@H](Cc2ccc(OCC(=O)O)cc2)C(=O)O)cc1.O. The van der Waals surface area contributed by atoms with E-state index in [1.54, 1.807) is 12.1 Å². The first-order chi connectivity index (χ1) is 13.3. The average Bonchev–Trinajstić information content (AvgIpc) is 2.66. The third kappa shape index (κ3) is 6.96. The van der Waals surface area contributed by atoms with Gasteiger partial charge in [0, 0.05) is 17.5 Å². The molecule has 29 heavy (non-hydrogen) atoms. The highest BCUT2D eigenvalue weighted by molar-refractivity contribution is 5.99. The first-order valence-corrected chi connectivity index (χ1v) is 8.18. The van der Waals surface area contributed by atoms with Gasteiger partial charge in [-0.2, -0.15) is 0 Å². The molecule has 1 atom stereocenters. The summed E-state index contributed by atoms with van der Waals surface area (Å²) in [6.45, 7) is -0.477. The van der Waals surface area contributed by atoms with E-state index in [2.05, 4.69) is 5.32 Å². The van der Waals surface area contributed by atoms with Gasteiger partial charge < -0.3 is 31.5 Å². The van der Waals surface area contributed by atoms with Crippen LogP contribution in [0.15, 0.2) is 48.5 Å². The average molecular weight is 403 g/mol. The Morgan fingerprint density at radius 3 is 2.03 bits per heavy atom. The molecule has 2 aromatic carbocycles. The number of hydrogen-bond donors (Lipinski definition) is 5. The third-order valence-corrected chi connectivity index (χ3v) is 3.79. The topological polar surface area (TPSA) is 194 Å². The second-order valence-corrected chi connectivity index (χ2v) is 5.89. The maximum absolute atomic E-state index is 12.3. The zero-order chi connectivity index (χ0) is 20.7. The van der Waals surface area contributed by atoms with Crippen molar-refractivity contribution in [2.75, 3.05) is 6.61 Å². The quantitative estimate of drug-likeness (QED) is 0.288. The monoisotopic (exact) mass is 403 g/mol. The molecule has 10 heteroatoms. The van der Waals surface area contributed by atoms with E-state index in [1.807, 2.05) is 0 Å². The summed E-state index contributed by atoms with van der Waals surface area (Å²) >= 11 is 0. The summed E-state index contributed by atoms with van der Waals surface area (Å²) in [5, 5.41) is 27.8. The molecule has 0 radical (unpaired) electrons. The van der Waals surface area contributed by atoms with Gasteiger partial charge in [0.05, 0.1) is 0 Å². The zero-order valence-corrected chi connectivity index (χ0v) is 15.2. The molecule has 0 bridgehead atoms. The second kappa shape index (κ2) is 10.4. The Kier molecular flexibility index (Phi) is 8.31. The highest BCUT2D eigenvalue weighted by atomic mass is 16.5. The number of carbonyl (C=O) groups is 3. The van der Waals surface area contributed by atoms with Crippen LogP contribution in [0.3, 0.4) is 0 Å². The molecule has 154 valence electrons. The lowest BCUT2D eigenvalue weighted by molar-refractivity contribution is -0.140. The van der Waals surface area contributed by atoms with E-state index in [0.29, 0.717) is 16.9 Å². The van der Waals surface area contributed by atoms with Crippen LogP contribution in [0.5, 0.6) is 5.75 Å². The number of carbonyl (C=O) groups excluding carboxylic acids is 1. The van der Waals surface area contributed by atoms with Gasteiger partial charge in [-0.1, -0.05) is 24.3 Å². The molecule has 0 heterocycles. The minimum Gasteiger partial charge on any atom is -0.482 e. The number of benzene rings is 2. The predicted octanol–water partition coefficient (Wildman–Crippen LogP) is 0.0351. The molecule has 8 N–H and O–H groups in total. The molecule has 0 aliphatic heterocycles. The Balaban J connectivity index is 0.00000420. The number of nitrogens with one attached hydrogen (secondary N) is 2. The number of rotatable bonds is 9. The van der Waals surface area contributed by atoms with Crippen LogP contribution in [-0.4, -0.2) is 52.0 Å². The molecule has 2 aromatic rings. The van der Waals surface area contributed by atoms with Crippen molar-refractivity contribution >= 4 is 23.7 Å². The molecule has 0 unspecified atom stereocenters. The Bertz CT molecular complexity index is 880. The van der Waals surface area contributed by atoms with E-state index >= 15 is 0 Å². The van der Waals surface area contributed by atoms with Crippen LogP contribution in [-0.2, 0) is 16.0 Å². The summed E-state index contributed by atoms with van der Waals surface area (Å²) in [5.74, 6) is -2.66. The van der Waals surface area contributed by atoms with Crippen LogP contribution in [0.2, 0.25) is 0 Å². The van der Waals surface area contributed by atoms with Gasteiger partial charge in [-0.25, -0.2) is 9.59 Å². The van der Waals surface area contributed by atoms with E-state index in [4.69, 9.17) is 21.0 Å². The lowest BCUT2D eigenvalue weighted by Crippen LogP contribution is -2.42. The first kappa shape index (κ1) is 23.1. The number of carboxylic acids is 2. The number of nitrogen functional groups attached to an aromatic ring is 1. The number of ether oxygens (including phenoxy) is 1. The van der Waals surface area contributed by atoms with Gasteiger partial charge in [-0.3, -0.25) is 10.2 Å². The van der Waals surface area contributed by atoms with Gasteiger partial charge in [-0.15, -0.1) is 0 Å². The molecule has 1 amide bonds. The summed E-state index contributed by atoms with van der Waals surface area (Å²) < 4.78 is 5.01. The van der Waals surface area contributed by atoms with E-state index in [9.17, 15) is 19.5 Å². The van der Waals surface area contributed by atoms with Gasteiger partial charge in [-0.05, 0) is 29.8 Å². The molecule has 0 aromatic heterocycles. The van der Waals surface area contributed by atoms with Crippen molar-refractivity contribution < 1.29 is 34.8 Å². The molecule has 10 nitrogen and oxygen atoms in total. The van der Waals surface area contributed by atoms with Crippen molar-refractivity contribution in [2.24, 2.45) is 5.73 Å². The summed E-state index contributed by atoms with van der Waals surface area (Å²) in [6, 6.07) is 11.0. The maximum Gasteiger partial charge on any atom is 0.341 e. The number of nitrogens with two attached hydrogens (primary N) is 1. The Morgan fingerprint density at radius 1 is 1.00 bits per heavy atom. The zero-order valence-electron chi connectivity index (χ0n) is 15.2. The van der Waals surface area contributed by atoms with E-state index in [0.717, 1.165) is 0 Å².